The molecule has 0 saturated heterocycles. The third-order valence-electron chi connectivity index (χ3n) is 3.14. The maximum absolute atomic E-state index is 4.57. The highest BCUT2D eigenvalue weighted by Crippen LogP contribution is 2.28. The predicted octanol–water partition coefficient (Wildman–Crippen LogP) is 3.69. The quantitative estimate of drug-likeness (QED) is 0.752. The van der Waals surface area contributed by atoms with E-state index in [2.05, 4.69) is 32.5 Å². The Morgan fingerprint density at radius 1 is 1.24 bits per heavy atom. The molecule has 3 aromatic rings. The summed E-state index contributed by atoms with van der Waals surface area (Å²) in [6.07, 6.45) is 1.80. The molecule has 0 radical (unpaired) electrons. The van der Waals surface area contributed by atoms with Crippen molar-refractivity contribution in [1.82, 2.24) is 15.0 Å². The van der Waals surface area contributed by atoms with E-state index < -0.39 is 0 Å². The van der Waals surface area contributed by atoms with Crippen molar-refractivity contribution in [3.63, 3.8) is 0 Å². The van der Waals surface area contributed by atoms with Crippen LogP contribution in [-0.2, 0) is 0 Å². The van der Waals surface area contributed by atoms with Crippen molar-refractivity contribution in [2.24, 2.45) is 0 Å². The maximum atomic E-state index is 4.57. The first kappa shape index (κ1) is 13.8. The molecule has 0 bridgehead atoms. The van der Waals surface area contributed by atoms with E-state index in [0.717, 1.165) is 28.3 Å². The van der Waals surface area contributed by atoms with Gasteiger partial charge in [-0.1, -0.05) is 6.07 Å². The van der Waals surface area contributed by atoms with Crippen molar-refractivity contribution in [2.45, 2.75) is 19.9 Å². The Kier molecular flexibility index (Phi) is 3.96. The third kappa shape index (κ3) is 2.95. The van der Waals surface area contributed by atoms with Crippen LogP contribution in [0, 0.1) is 0 Å². The summed E-state index contributed by atoms with van der Waals surface area (Å²) in [6, 6.07) is 8.04. The lowest BCUT2D eigenvalue weighted by atomic mass is 10.2. The molecule has 0 aliphatic heterocycles. The number of nitrogens with zero attached hydrogens (tertiary/aromatic N) is 3. The molecule has 0 fully saturated rings. The SMILES string of the molecule is CCNc1nc(NC(C)c2ccccn2)c2ccsc2n1. The number of hydrogen-bond acceptors (Lipinski definition) is 6. The Balaban J connectivity index is 1.93. The minimum absolute atomic E-state index is 0.0821. The third-order valence-corrected chi connectivity index (χ3v) is 3.95. The van der Waals surface area contributed by atoms with E-state index in [1.807, 2.05) is 36.6 Å². The number of nitrogens with one attached hydrogen (secondary N) is 2. The second kappa shape index (κ2) is 6.05. The zero-order chi connectivity index (χ0) is 14.7. The summed E-state index contributed by atoms with van der Waals surface area (Å²) in [4.78, 5) is 14.4. The maximum Gasteiger partial charge on any atom is 0.226 e. The fourth-order valence-corrected chi connectivity index (χ4v) is 2.88. The van der Waals surface area contributed by atoms with Crippen LogP contribution in [0.15, 0.2) is 35.8 Å². The molecule has 0 aliphatic rings. The summed E-state index contributed by atoms with van der Waals surface area (Å²) in [7, 11) is 0. The van der Waals surface area contributed by atoms with Crippen molar-refractivity contribution >= 4 is 33.3 Å². The number of fused-ring (bicyclic) bond motifs is 1. The van der Waals surface area contributed by atoms with Crippen LogP contribution >= 0.6 is 11.3 Å². The highest BCUT2D eigenvalue weighted by atomic mass is 32.1. The monoisotopic (exact) mass is 299 g/mol. The van der Waals surface area contributed by atoms with Crippen LogP contribution in [0.5, 0.6) is 0 Å². The largest absolute Gasteiger partial charge is 0.361 e. The van der Waals surface area contributed by atoms with Gasteiger partial charge in [-0.15, -0.1) is 11.3 Å². The summed E-state index contributed by atoms with van der Waals surface area (Å²) >= 11 is 1.62. The Hall–Kier alpha value is -2.21. The van der Waals surface area contributed by atoms with Crippen molar-refractivity contribution in [1.29, 1.82) is 0 Å². The fraction of sp³-hybridized carbons (Fsp3) is 0.267. The Morgan fingerprint density at radius 2 is 2.14 bits per heavy atom. The molecule has 0 spiro atoms. The zero-order valence-electron chi connectivity index (χ0n) is 12.0. The molecule has 3 rings (SSSR count). The van der Waals surface area contributed by atoms with Crippen LogP contribution in [-0.4, -0.2) is 21.5 Å². The Morgan fingerprint density at radius 3 is 2.90 bits per heavy atom. The number of thiophene rings is 1. The zero-order valence-corrected chi connectivity index (χ0v) is 12.8. The number of hydrogen-bond donors (Lipinski definition) is 2. The van der Waals surface area contributed by atoms with E-state index in [1.54, 1.807) is 17.5 Å². The molecular formula is C15H17N5S. The van der Waals surface area contributed by atoms with Crippen molar-refractivity contribution in [2.75, 3.05) is 17.2 Å². The molecule has 21 heavy (non-hydrogen) atoms. The molecule has 2 N–H and O–H groups in total. The van der Waals surface area contributed by atoms with Gasteiger partial charge in [0.2, 0.25) is 5.95 Å². The first-order valence-electron chi connectivity index (χ1n) is 6.94. The Labute approximate surface area is 127 Å². The van der Waals surface area contributed by atoms with Gasteiger partial charge in [0.05, 0.1) is 17.1 Å². The fourth-order valence-electron chi connectivity index (χ4n) is 2.11. The van der Waals surface area contributed by atoms with E-state index in [9.17, 15) is 0 Å². The summed E-state index contributed by atoms with van der Waals surface area (Å²) < 4.78 is 0. The number of aromatic nitrogens is 3. The van der Waals surface area contributed by atoms with E-state index in [4.69, 9.17) is 0 Å². The first-order valence-corrected chi connectivity index (χ1v) is 7.82. The number of pyridine rings is 1. The second-order valence-corrected chi connectivity index (χ2v) is 5.58. The smallest absolute Gasteiger partial charge is 0.226 e. The van der Waals surface area contributed by atoms with E-state index in [0.29, 0.717) is 5.95 Å². The van der Waals surface area contributed by atoms with Crippen LogP contribution in [0.4, 0.5) is 11.8 Å². The van der Waals surface area contributed by atoms with Gasteiger partial charge in [-0.25, -0.2) is 4.98 Å². The molecule has 3 heterocycles. The van der Waals surface area contributed by atoms with Gasteiger partial charge < -0.3 is 10.6 Å². The van der Waals surface area contributed by atoms with Gasteiger partial charge in [0.1, 0.15) is 10.6 Å². The molecule has 1 unspecified atom stereocenters. The molecule has 108 valence electrons. The van der Waals surface area contributed by atoms with E-state index in [1.165, 1.54) is 0 Å². The van der Waals surface area contributed by atoms with Gasteiger partial charge in [-0.3, -0.25) is 4.98 Å². The molecule has 3 aromatic heterocycles. The van der Waals surface area contributed by atoms with Crippen LogP contribution < -0.4 is 10.6 Å². The van der Waals surface area contributed by atoms with Gasteiger partial charge in [0.15, 0.2) is 0 Å². The van der Waals surface area contributed by atoms with E-state index in [-0.39, 0.29) is 6.04 Å². The average Bonchev–Trinajstić information content (AvgIpc) is 2.97. The first-order chi connectivity index (χ1) is 10.3. The molecule has 0 aromatic carbocycles. The predicted molar refractivity (Wildman–Crippen MR) is 87.9 cm³/mol. The highest BCUT2D eigenvalue weighted by molar-refractivity contribution is 7.16. The van der Waals surface area contributed by atoms with Crippen LogP contribution in [0.3, 0.4) is 0 Å². The lowest BCUT2D eigenvalue weighted by molar-refractivity contribution is 0.833. The lowest BCUT2D eigenvalue weighted by Crippen LogP contribution is -2.11. The van der Waals surface area contributed by atoms with Gasteiger partial charge in [0, 0.05) is 12.7 Å². The van der Waals surface area contributed by atoms with Gasteiger partial charge in [0.25, 0.3) is 0 Å². The van der Waals surface area contributed by atoms with Crippen LogP contribution in [0.1, 0.15) is 25.6 Å². The molecule has 6 heteroatoms. The van der Waals surface area contributed by atoms with Crippen molar-refractivity contribution in [3.8, 4) is 0 Å². The van der Waals surface area contributed by atoms with Gasteiger partial charge in [-0.05, 0) is 37.4 Å². The summed E-state index contributed by atoms with van der Waals surface area (Å²) in [6.45, 7) is 4.91. The minimum Gasteiger partial charge on any atom is -0.361 e. The standard InChI is InChI=1S/C15H17N5S/c1-3-16-15-19-13(11-7-9-21-14(11)20-15)18-10(2)12-6-4-5-8-17-12/h4-10H,3H2,1-2H3,(H2,16,18,19,20). The topological polar surface area (TPSA) is 62.7 Å². The van der Waals surface area contributed by atoms with Gasteiger partial charge >= 0.3 is 0 Å². The molecule has 0 amide bonds. The summed E-state index contributed by atoms with van der Waals surface area (Å²) in [5.41, 5.74) is 0.990. The van der Waals surface area contributed by atoms with Gasteiger partial charge in [-0.2, -0.15) is 4.98 Å². The molecular weight excluding hydrogens is 282 g/mol. The summed E-state index contributed by atoms with van der Waals surface area (Å²) in [5.74, 6) is 1.50. The van der Waals surface area contributed by atoms with E-state index >= 15 is 0 Å². The highest BCUT2D eigenvalue weighted by Gasteiger charge is 2.12. The molecule has 1 atom stereocenters. The summed E-state index contributed by atoms with van der Waals surface area (Å²) in [5, 5.41) is 9.69. The van der Waals surface area contributed by atoms with Crippen molar-refractivity contribution < 1.29 is 0 Å². The molecule has 0 aliphatic carbocycles. The van der Waals surface area contributed by atoms with Crippen LogP contribution in [0.2, 0.25) is 0 Å². The Bertz CT molecular complexity index is 725. The van der Waals surface area contributed by atoms with Crippen LogP contribution in [0.25, 0.3) is 10.2 Å². The lowest BCUT2D eigenvalue weighted by Gasteiger charge is -2.15. The second-order valence-electron chi connectivity index (χ2n) is 4.69. The molecule has 0 saturated carbocycles. The normalized spacial score (nSPS) is 12.3. The average molecular weight is 299 g/mol. The number of anilines is 2. The number of rotatable bonds is 5. The van der Waals surface area contributed by atoms with Crippen molar-refractivity contribution in [3.05, 3.63) is 41.5 Å². The molecule has 5 nitrogen and oxygen atoms in total. The minimum atomic E-state index is 0.0821.